The summed E-state index contributed by atoms with van der Waals surface area (Å²) < 4.78 is 43.1. The molecule has 6 nitrogen and oxygen atoms in total. The molecule has 1 fully saturated rings. The van der Waals surface area contributed by atoms with Crippen LogP contribution in [0.1, 0.15) is 12.1 Å². The molecule has 1 aliphatic rings. The molecule has 1 unspecified atom stereocenters. The van der Waals surface area contributed by atoms with Crippen LogP contribution in [0, 0.1) is 0 Å². The number of rotatable bonds is 4. The second-order valence-electron chi connectivity index (χ2n) is 4.40. The van der Waals surface area contributed by atoms with Crippen LogP contribution in [-0.4, -0.2) is 46.9 Å². The van der Waals surface area contributed by atoms with Crippen molar-refractivity contribution in [3.63, 3.8) is 0 Å². The van der Waals surface area contributed by atoms with Crippen LogP contribution in [0.15, 0.2) is 6.07 Å². The van der Waals surface area contributed by atoms with Gasteiger partial charge in [0.25, 0.3) is 0 Å². The van der Waals surface area contributed by atoms with Gasteiger partial charge in [-0.25, -0.2) is 4.98 Å². The second-order valence-corrected chi connectivity index (χ2v) is 4.40. The van der Waals surface area contributed by atoms with Gasteiger partial charge in [-0.1, -0.05) is 0 Å². The summed E-state index contributed by atoms with van der Waals surface area (Å²) in [6.07, 6.45) is -3.54. The minimum absolute atomic E-state index is 0.206. The second kappa shape index (κ2) is 5.61. The van der Waals surface area contributed by atoms with Crippen LogP contribution >= 0.6 is 0 Å². The van der Waals surface area contributed by atoms with Crippen molar-refractivity contribution < 1.29 is 22.7 Å². The molecule has 0 radical (unpaired) electrons. The molecule has 9 heteroatoms. The molecule has 1 saturated heterocycles. The lowest BCUT2D eigenvalue weighted by atomic mass is 10.3. The van der Waals surface area contributed by atoms with Gasteiger partial charge in [0, 0.05) is 19.2 Å². The minimum Gasteiger partial charge on any atom is -0.473 e. The summed E-state index contributed by atoms with van der Waals surface area (Å²) in [6.45, 7) is 1.39. The van der Waals surface area contributed by atoms with Crippen molar-refractivity contribution in [1.82, 2.24) is 14.9 Å². The van der Waals surface area contributed by atoms with Gasteiger partial charge in [-0.05, 0) is 6.42 Å². The van der Waals surface area contributed by atoms with Crippen LogP contribution in [0.25, 0.3) is 0 Å². The number of anilines is 1. The number of hydrogen-bond donors (Lipinski definition) is 1. The maximum Gasteiger partial charge on any atom is 0.433 e. The zero-order valence-electron chi connectivity index (χ0n) is 10.4. The minimum atomic E-state index is -4.60. The van der Waals surface area contributed by atoms with Crippen molar-refractivity contribution in [3.8, 4) is 5.88 Å². The van der Waals surface area contributed by atoms with Gasteiger partial charge in [-0.3, -0.25) is 4.90 Å². The van der Waals surface area contributed by atoms with Crippen molar-refractivity contribution in [3.05, 3.63) is 11.8 Å². The van der Waals surface area contributed by atoms with Gasteiger partial charge in [-0.2, -0.15) is 18.2 Å². The number of carbonyl (C=O) groups is 1. The maximum atomic E-state index is 12.6. The Kier molecular flexibility index (Phi) is 4.07. The van der Waals surface area contributed by atoms with E-state index in [4.69, 9.17) is 10.5 Å². The lowest BCUT2D eigenvalue weighted by molar-refractivity contribution is -0.141. The molecule has 2 N–H and O–H groups in total. The van der Waals surface area contributed by atoms with Crippen molar-refractivity contribution in [2.24, 2.45) is 0 Å². The molecule has 20 heavy (non-hydrogen) atoms. The van der Waals surface area contributed by atoms with Crippen LogP contribution in [-0.2, 0) is 11.0 Å². The van der Waals surface area contributed by atoms with Crippen molar-refractivity contribution in [2.75, 3.05) is 25.4 Å². The van der Waals surface area contributed by atoms with E-state index in [0.717, 1.165) is 12.4 Å². The smallest absolute Gasteiger partial charge is 0.433 e. The average molecular weight is 290 g/mol. The van der Waals surface area contributed by atoms with Gasteiger partial charge in [0.2, 0.25) is 11.8 Å². The van der Waals surface area contributed by atoms with E-state index in [1.807, 2.05) is 4.90 Å². The van der Waals surface area contributed by atoms with E-state index in [-0.39, 0.29) is 18.5 Å². The fraction of sp³-hybridized carbons (Fsp3) is 0.545. The predicted molar refractivity (Wildman–Crippen MR) is 63.0 cm³/mol. The van der Waals surface area contributed by atoms with Crippen LogP contribution in [0.3, 0.4) is 0 Å². The van der Waals surface area contributed by atoms with Crippen LogP contribution in [0.4, 0.5) is 19.1 Å². The quantitative estimate of drug-likeness (QED) is 0.823. The molecule has 2 rings (SSSR count). The standard InChI is InChI=1S/C11H13F3N4O2/c12-11(13,14)8-5-9(17-10(15)16-8)20-7-1-2-18(6-7)3-4-19/h4-5,7H,1-3,6H2,(H2,15,16,17). The Morgan fingerprint density at radius 3 is 2.90 bits per heavy atom. The van der Waals surface area contributed by atoms with Crippen molar-refractivity contribution in [2.45, 2.75) is 18.7 Å². The third kappa shape index (κ3) is 3.56. The van der Waals surface area contributed by atoms with Crippen molar-refractivity contribution in [1.29, 1.82) is 0 Å². The first-order chi connectivity index (χ1) is 9.38. The van der Waals surface area contributed by atoms with Gasteiger partial charge in [0.15, 0.2) is 5.69 Å². The van der Waals surface area contributed by atoms with Gasteiger partial charge >= 0.3 is 6.18 Å². The third-order valence-corrected chi connectivity index (χ3v) is 2.86. The highest BCUT2D eigenvalue weighted by molar-refractivity contribution is 5.52. The molecular weight excluding hydrogens is 277 g/mol. The van der Waals surface area contributed by atoms with Crippen LogP contribution < -0.4 is 10.5 Å². The van der Waals surface area contributed by atoms with E-state index in [9.17, 15) is 18.0 Å². The Balaban J connectivity index is 2.07. The summed E-state index contributed by atoms with van der Waals surface area (Å²) >= 11 is 0. The highest BCUT2D eigenvalue weighted by Gasteiger charge is 2.34. The van der Waals surface area contributed by atoms with E-state index in [1.54, 1.807) is 0 Å². The molecule has 1 aliphatic heterocycles. The number of nitrogen functional groups attached to an aromatic ring is 1. The number of likely N-dealkylation sites (tertiary alicyclic amines) is 1. The van der Waals surface area contributed by atoms with Crippen molar-refractivity contribution >= 4 is 12.2 Å². The highest BCUT2D eigenvalue weighted by Crippen LogP contribution is 2.30. The zero-order chi connectivity index (χ0) is 14.8. The first-order valence-electron chi connectivity index (χ1n) is 5.93. The monoisotopic (exact) mass is 290 g/mol. The van der Waals surface area contributed by atoms with Gasteiger partial charge in [-0.15, -0.1) is 0 Å². The zero-order valence-corrected chi connectivity index (χ0v) is 10.4. The molecule has 0 spiro atoms. The van der Waals surface area contributed by atoms with E-state index >= 15 is 0 Å². The van der Waals surface area contributed by atoms with Crippen LogP contribution in [0.5, 0.6) is 5.88 Å². The molecule has 0 bridgehead atoms. The number of halogens is 3. The van der Waals surface area contributed by atoms with Gasteiger partial charge in [0.05, 0.1) is 6.54 Å². The summed E-state index contributed by atoms with van der Waals surface area (Å²) in [4.78, 5) is 19.0. The maximum absolute atomic E-state index is 12.6. The molecule has 0 aromatic carbocycles. The number of nitrogens with zero attached hydrogens (tertiary/aromatic N) is 3. The van der Waals surface area contributed by atoms with E-state index in [0.29, 0.717) is 19.5 Å². The Morgan fingerprint density at radius 1 is 1.50 bits per heavy atom. The Hall–Kier alpha value is -1.90. The molecular formula is C11H13F3N4O2. The first-order valence-corrected chi connectivity index (χ1v) is 5.93. The Labute approximate surface area is 112 Å². The van der Waals surface area contributed by atoms with Gasteiger partial charge < -0.3 is 15.3 Å². The number of nitrogens with two attached hydrogens (primary N) is 1. The average Bonchev–Trinajstić information content (AvgIpc) is 2.75. The lowest BCUT2D eigenvalue weighted by Gasteiger charge is -2.15. The highest BCUT2D eigenvalue weighted by atomic mass is 19.4. The van der Waals surface area contributed by atoms with Crippen LogP contribution in [0.2, 0.25) is 0 Å². The van der Waals surface area contributed by atoms with E-state index < -0.39 is 17.8 Å². The summed E-state index contributed by atoms with van der Waals surface area (Å²) in [5.41, 5.74) is 4.11. The van der Waals surface area contributed by atoms with E-state index in [1.165, 1.54) is 0 Å². The number of carbonyl (C=O) groups excluding carboxylic acids is 1. The predicted octanol–water partition coefficient (Wildman–Crippen LogP) is 0.730. The summed E-state index contributed by atoms with van der Waals surface area (Å²) in [5.74, 6) is -0.694. The SMILES string of the molecule is Nc1nc(OC2CCN(CC=O)C2)cc(C(F)(F)F)n1. The summed E-state index contributed by atoms with van der Waals surface area (Å²) in [6, 6.07) is 0.721. The molecule has 110 valence electrons. The fourth-order valence-electron chi connectivity index (χ4n) is 1.98. The number of hydrogen-bond acceptors (Lipinski definition) is 6. The molecule has 0 aliphatic carbocycles. The molecule has 1 atom stereocenters. The third-order valence-electron chi connectivity index (χ3n) is 2.86. The summed E-state index contributed by atoms with van der Waals surface area (Å²) in [5, 5.41) is 0. The lowest BCUT2D eigenvalue weighted by Crippen LogP contribution is -2.26. The number of alkyl halides is 3. The topological polar surface area (TPSA) is 81.3 Å². The van der Waals surface area contributed by atoms with Gasteiger partial charge in [0.1, 0.15) is 12.4 Å². The Bertz CT molecular complexity index is 495. The number of aromatic nitrogens is 2. The molecule has 1 aromatic rings. The largest absolute Gasteiger partial charge is 0.473 e. The number of ether oxygens (including phenoxy) is 1. The normalized spacial score (nSPS) is 20.1. The molecule has 0 amide bonds. The molecule has 2 heterocycles. The molecule has 1 aromatic heterocycles. The number of aldehydes is 1. The fourth-order valence-corrected chi connectivity index (χ4v) is 1.98. The Morgan fingerprint density at radius 2 is 2.25 bits per heavy atom. The van der Waals surface area contributed by atoms with E-state index in [2.05, 4.69) is 9.97 Å². The molecule has 0 saturated carbocycles. The first kappa shape index (κ1) is 14.5. The summed E-state index contributed by atoms with van der Waals surface area (Å²) in [7, 11) is 0.